The summed E-state index contributed by atoms with van der Waals surface area (Å²) in [5.74, 6) is 0.149. The van der Waals surface area contributed by atoms with Crippen molar-refractivity contribution in [1.29, 1.82) is 0 Å². The van der Waals surface area contributed by atoms with Crippen LogP contribution >= 0.6 is 8.03 Å². The summed E-state index contributed by atoms with van der Waals surface area (Å²) in [7, 11) is -0.790. The molecule has 1 atom stereocenters. The van der Waals surface area contributed by atoms with Gasteiger partial charge in [-0.25, -0.2) is 0 Å². The first-order chi connectivity index (χ1) is 7.56. The second kappa shape index (κ2) is 5.97. The highest BCUT2D eigenvalue weighted by atomic mass is 31.1. The van der Waals surface area contributed by atoms with Gasteiger partial charge in [-0.05, 0) is 11.6 Å². The van der Waals surface area contributed by atoms with Crippen LogP contribution in [0, 0.1) is 5.92 Å². The van der Waals surface area contributed by atoms with Gasteiger partial charge in [0.2, 0.25) is 8.03 Å². The number of benzene rings is 1. The van der Waals surface area contributed by atoms with Crippen LogP contribution in [0.5, 0.6) is 0 Å². The van der Waals surface area contributed by atoms with E-state index in [0.717, 1.165) is 5.56 Å². The van der Waals surface area contributed by atoms with Gasteiger partial charge in [0, 0.05) is 24.8 Å². The Balaban J connectivity index is 2.95. The molecule has 0 amide bonds. The van der Waals surface area contributed by atoms with Crippen molar-refractivity contribution in [3.05, 3.63) is 29.8 Å². The van der Waals surface area contributed by atoms with Crippen molar-refractivity contribution in [2.75, 3.05) is 7.11 Å². The number of Topliss-reactive ketones (excluding diaryl/α,β-unsaturated/α-hetero) is 1. The van der Waals surface area contributed by atoms with E-state index in [0.29, 0.717) is 11.7 Å². The van der Waals surface area contributed by atoms with Gasteiger partial charge < -0.3 is 4.52 Å². The van der Waals surface area contributed by atoms with Gasteiger partial charge in [0.1, 0.15) is 5.78 Å². The molecule has 1 aromatic rings. The van der Waals surface area contributed by atoms with Crippen LogP contribution in [0.2, 0.25) is 0 Å². The number of hydrogen-bond acceptors (Lipinski definition) is 3. The highest BCUT2D eigenvalue weighted by Gasteiger charge is 2.13. The maximum atomic E-state index is 11.6. The summed E-state index contributed by atoms with van der Waals surface area (Å²) in [5, 5.41) is 0.656. The average Bonchev–Trinajstić information content (AvgIpc) is 2.28. The summed E-state index contributed by atoms with van der Waals surface area (Å²) < 4.78 is 16.5. The van der Waals surface area contributed by atoms with Gasteiger partial charge in [-0.2, -0.15) is 0 Å². The van der Waals surface area contributed by atoms with E-state index in [9.17, 15) is 9.36 Å². The molecule has 0 aliphatic carbocycles. The average molecular weight is 240 g/mol. The number of hydrogen-bond donors (Lipinski definition) is 0. The minimum Gasteiger partial charge on any atom is -0.331 e. The van der Waals surface area contributed by atoms with Crippen molar-refractivity contribution in [2.24, 2.45) is 5.92 Å². The summed E-state index contributed by atoms with van der Waals surface area (Å²) in [5.41, 5.74) is 0.812. The summed E-state index contributed by atoms with van der Waals surface area (Å²) in [6, 6.07) is 7.24. The van der Waals surface area contributed by atoms with Crippen molar-refractivity contribution in [1.82, 2.24) is 0 Å². The molecule has 0 bridgehead atoms. The monoisotopic (exact) mass is 240 g/mol. The zero-order chi connectivity index (χ0) is 12.1. The molecule has 4 heteroatoms. The minimum atomic E-state index is -2.21. The van der Waals surface area contributed by atoms with Gasteiger partial charge in [0.15, 0.2) is 0 Å². The van der Waals surface area contributed by atoms with E-state index < -0.39 is 8.03 Å². The number of ketones is 1. The Hall–Kier alpha value is -0.920. The lowest BCUT2D eigenvalue weighted by Gasteiger charge is -2.09. The molecule has 0 aliphatic rings. The summed E-state index contributed by atoms with van der Waals surface area (Å²) in [6.07, 6.45) is 0.327. The lowest BCUT2D eigenvalue weighted by Crippen LogP contribution is -2.15. The van der Waals surface area contributed by atoms with Crippen molar-refractivity contribution in [3.63, 3.8) is 0 Å². The molecule has 0 radical (unpaired) electrons. The Morgan fingerprint density at radius 1 is 1.38 bits per heavy atom. The maximum Gasteiger partial charge on any atom is 0.220 e. The van der Waals surface area contributed by atoms with E-state index in [4.69, 9.17) is 4.52 Å². The Bertz CT molecular complexity index is 399. The second-order valence-electron chi connectivity index (χ2n) is 3.95. The summed E-state index contributed by atoms with van der Waals surface area (Å²) in [6.45, 7) is 3.73. The Morgan fingerprint density at radius 2 is 2.00 bits per heavy atom. The zero-order valence-electron chi connectivity index (χ0n) is 9.82. The zero-order valence-corrected chi connectivity index (χ0v) is 10.8. The highest BCUT2D eigenvalue weighted by Crippen LogP contribution is 2.22. The fourth-order valence-corrected chi connectivity index (χ4v) is 2.26. The highest BCUT2D eigenvalue weighted by molar-refractivity contribution is 7.48. The van der Waals surface area contributed by atoms with Gasteiger partial charge in [0.05, 0.1) is 0 Å². The molecule has 0 heterocycles. The van der Waals surface area contributed by atoms with Crippen LogP contribution in [0.4, 0.5) is 0 Å². The second-order valence-corrected chi connectivity index (χ2v) is 5.47. The number of carbonyl (C=O) groups is 1. The van der Waals surface area contributed by atoms with Crippen LogP contribution in [0.25, 0.3) is 0 Å². The molecule has 0 fully saturated rings. The molecule has 1 unspecified atom stereocenters. The van der Waals surface area contributed by atoms with Crippen LogP contribution in [-0.2, 0) is 20.3 Å². The van der Waals surface area contributed by atoms with Crippen LogP contribution in [0.1, 0.15) is 19.4 Å². The fourth-order valence-electron chi connectivity index (χ4n) is 1.38. The van der Waals surface area contributed by atoms with Gasteiger partial charge in [-0.15, -0.1) is 0 Å². The Kier molecular flexibility index (Phi) is 4.91. The molecule has 0 saturated carbocycles. The molecule has 0 saturated heterocycles. The molecule has 3 nitrogen and oxygen atoms in total. The molecule has 0 N–H and O–H groups in total. The molecule has 0 spiro atoms. The van der Waals surface area contributed by atoms with Gasteiger partial charge >= 0.3 is 0 Å². The molecular formula is C12H17O3P. The number of rotatable bonds is 5. The molecular weight excluding hydrogens is 223 g/mol. The van der Waals surface area contributed by atoms with Crippen LogP contribution in [0.15, 0.2) is 24.3 Å². The molecule has 0 aromatic heterocycles. The maximum absolute atomic E-state index is 11.6. The lowest BCUT2D eigenvalue weighted by molar-refractivity contribution is -0.121. The predicted octanol–water partition coefficient (Wildman–Crippen LogP) is 2.20. The molecule has 16 heavy (non-hydrogen) atoms. The fraction of sp³-hybridized carbons (Fsp3) is 0.417. The first-order valence-electron chi connectivity index (χ1n) is 5.25. The van der Waals surface area contributed by atoms with Crippen LogP contribution < -0.4 is 5.30 Å². The van der Waals surface area contributed by atoms with Crippen molar-refractivity contribution < 1.29 is 13.9 Å². The normalized spacial score (nSPS) is 12.8. The Morgan fingerprint density at radius 3 is 2.56 bits per heavy atom. The van der Waals surface area contributed by atoms with Gasteiger partial charge in [0.25, 0.3) is 0 Å². The SMILES string of the molecule is CO[PH](=O)c1ccccc1CC(=O)C(C)C. The van der Waals surface area contributed by atoms with Gasteiger partial charge in [-0.1, -0.05) is 32.0 Å². The number of carbonyl (C=O) groups excluding carboxylic acids is 1. The predicted molar refractivity (Wildman–Crippen MR) is 65.6 cm³/mol. The van der Waals surface area contributed by atoms with E-state index in [1.54, 1.807) is 12.1 Å². The lowest BCUT2D eigenvalue weighted by atomic mass is 10.0. The van der Waals surface area contributed by atoms with Crippen molar-refractivity contribution in [3.8, 4) is 0 Å². The molecule has 88 valence electrons. The third-order valence-electron chi connectivity index (χ3n) is 2.43. The quantitative estimate of drug-likeness (QED) is 0.741. The Labute approximate surface area is 96.7 Å². The van der Waals surface area contributed by atoms with Crippen molar-refractivity contribution in [2.45, 2.75) is 20.3 Å². The first-order valence-corrected chi connectivity index (χ1v) is 6.56. The van der Waals surface area contributed by atoms with E-state index in [1.807, 2.05) is 26.0 Å². The summed E-state index contributed by atoms with van der Waals surface area (Å²) >= 11 is 0. The summed E-state index contributed by atoms with van der Waals surface area (Å²) in [4.78, 5) is 11.6. The van der Waals surface area contributed by atoms with E-state index in [1.165, 1.54) is 7.11 Å². The third-order valence-corrected chi connectivity index (χ3v) is 3.73. The van der Waals surface area contributed by atoms with Crippen LogP contribution in [-0.4, -0.2) is 12.9 Å². The van der Waals surface area contributed by atoms with E-state index in [2.05, 4.69) is 0 Å². The first kappa shape index (κ1) is 13.1. The topological polar surface area (TPSA) is 43.4 Å². The molecule has 0 aliphatic heterocycles. The molecule has 1 aromatic carbocycles. The standard InChI is InChI=1S/C12H17O3P/c1-9(2)11(13)8-10-6-4-5-7-12(10)16(14)15-3/h4-7,9,16H,8H2,1-3H3. The van der Waals surface area contributed by atoms with E-state index >= 15 is 0 Å². The van der Waals surface area contributed by atoms with Crippen LogP contribution in [0.3, 0.4) is 0 Å². The minimum absolute atomic E-state index is 0.00192. The molecule has 1 rings (SSSR count). The largest absolute Gasteiger partial charge is 0.331 e. The van der Waals surface area contributed by atoms with E-state index in [-0.39, 0.29) is 11.7 Å². The third kappa shape index (κ3) is 3.29. The smallest absolute Gasteiger partial charge is 0.220 e. The van der Waals surface area contributed by atoms with Gasteiger partial charge in [-0.3, -0.25) is 9.36 Å². The van der Waals surface area contributed by atoms with Crippen molar-refractivity contribution >= 4 is 19.1 Å².